The molecule has 1 aromatic carbocycles. The Morgan fingerprint density at radius 3 is 0.493 bits per heavy atom. The van der Waals surface area contributed by atoms with Gasteiger partial charge in [0, 0.05) is 0 Å². The lowest BCUT2D eigenvalue weighted by molar-refractivity contribution is -0.0000283. The van der Waals surface area contributed by atoms with Gasteiger partial charge in [-0.3, -0.25) is 4.48 Å². The van der Waals surface area contributed by atoms with Crippen LogP contribution in [0, 0.1) is 0 Å². The molecule has 0 atom stereocenters. The van der Waals surface area contributed by atoms with E-state index in [2.05, 4.69) is 472 Å². The molecule has 0 saturated heterocycles. The fourth-order valence-electron chi connectivity index (χ4n) is 21.2. The zero-order chi connectivity index (χ0) is 108. The van der Waals surface area contributed by atoms with Crippen molar-refractivity contribution in [2.45, 2.75) is 257 Å². The van der Waals surface area contributed by atoms with Gasteiger partial charge in [0.2, 0.25) is 0 Å². The maximum absolute atomic E-state index is 6.24. The standard InChI is InChI=1S/2C13H19BrSi2.2C12H16Br2Si2.3C12H17BrSi2.C12H17Cl3Si3.C9H14N.C6H10Si.CH4.FH/c2*1-6-7(2)11(15-10(6)5)12-8(3)9(4)13(14)16-12;2*1-5-7(3)11(13)15-9(5)10-6(2)8(4)12(14)16-10;3*1-6-5-14-10(7(6)2)11-8(3)9(4)12(13)15-11;1-6-5-16-10(7(6)2)11-8(3)9(4)12(17-11)18(13,14)15;1-10(2,3)9-7-5-4-6-8-9;1-5-3-7-4-6(5)2;;/h2*15-16H2,1-5H3;2*15-16H2,1-4H3;3*5H,14-15H2,1-4H3;5H,16-17H2,1-4H3;4-8H,1-3H3;3-4H,7H2,1-2H3;1H4;1H/q;;;;;;;;+1;;;/p-1. The summed E-state index contributed by atoms with van der Waals surface area (Å²) in [4.78, 5) is 1.22. The Labute approximate surface area is 1010 Å². The number of para-hydroxylation sites is 1. The lowest BCUT2D eigenvalue weighted by atomic mass is 10.1. The molecule has 0 N–H and O–H groups in total. The molecular weight excluding hydrogens is 2730 g/mol. The van der Waals surface area contributed by atoms with E-state index in [1.54, 1.807) is 183 Å². The summed E-state index contributed by atoms with van der Waals surface area (Å²) in [6.07, 6.45) is 0. The minimum Gasteiger partial charge on any atom is -1.00 e. The number of halogens is 13. The van der Waals surface area contributed by atoms with Gasteiger partial charge in [-0.25, -0.2) is 0 Å². The number of benzene rings is 1. The van der Waals surface area contributed by atoms with Crippen LogP contribution in [0.4, 0.5) is 5.69 Å². The average molecular weight is 2900 g/mol. The molecule has 0 spiro atoms. The van der Waals surface area contributed by atoms with Crippen LogP contribution in [0.5, 0.6) is 0 Å². The van der Waals surface area contributed by atoms with Gasteiger partial charge in [-0.15, -0.1) is 33.2 Å². The molecule has 17 heterocycles. The van der Waals surface area contributed by atoms with E-state index < -0.39 is 15.5 Å². The maximum Gasteiger partial charge on any atom is 0.365 e. The van der Waals surface area contributed by atoms with Crippen molar-refractivity contribution in [2.24, 2.45) is 0 Å². The Kier molecular flexibility index (Phi) is 51.5. The Bertz CT molecular complexity index is 6070. The normalized spacial score (nSPS) is 23.5. The Morgan fingerprint density at radius 1 is 0.199 bits per heavy atom. The number of hydrogen-bond donors (Lipinski definition) is 0. The van der Waals surface area contributed by atoms with Crippen molar-refractivity contribution in [3.05, 3.63) is 389 Å². The van der Waals surface area contributed by atoms with E-state index >= 15 is 0 Å². The fraction of sp³-hybridized carbons (Fsp3) is 0.351. The summed E-state index contributed by atoms with van der Waals surface area (Å²) in [7, 11) is 3.50. The summed E-state index contributed by atoms with van der Waals surface area (Å²) in [5.41, 5.74) is 68.0. The SMILES string of the molecule is C.CC1=C(Br)[SiH2]C(C2=C(C)C(C)=C(Br)[SiH2]2)=C1C.CC1=C(Br)[SiH2]C(C2=C(C)C(C)=C(Br)[SiH2]2)=C1C.CC1=C(C)C(C)=C(C2=C(C)C(C)=C(Br)[SiH2]2)[SiH2]1.CC1=C(C)C(C)=C(C2=C(C)C(C)=C(Br)[SiH2]2)[SiH2]1.CC1=C[SiH2]C(C2=C(C)C(C)=C(Br)[SiH2]2)=C1C.CC1=C[SiH2]C(C2=C(C)C(C)=C(Br)[SiH2]2)=C1C.CC1=C[SiH2]C(C2=C(C)C(C)=C(Br)[SiH2]2)=C1C.CC1=C[SiH2]C(C2=C(C)C(C)=C([Si](Cl)(Cl)Cl)[SiH2]2)=C1C.CC1=C[SiH2]C=C1C.C[N+](C)(C)c1ccccc1.[F-]. The molecule has 18 rings (SSSR count). The van der Waals surface area contributed by atoms with Crippen LogP contribution in [0.3, 0.4) is 0 Å². The number of rotatable bonds is 10. The first-order valence-electron chi connectivity index (χ1n) is 51.3. The van der Waals surface area contributed by atoms with Crippen molar-refractivity contribution >= 4 is 350 Å². The van der Waals surface area contributed by atoms with Crippen molar-refractivity contribution in [3.8, 4) is 0 Å². The summed E-state index contributed by atoms with van der Waals surface area (Å²) < 4.78 is 14.5. The summed E-state index contributed by atoms with van der Waals surface area (Å²) in [5, 5.41) is 31.1. The monoisotopic (exact) mass is 2890 g/mol. The van der Waals surface area contributed by atoms with Gasteiger partial charge in [-0.1, -0.05) is 375 Å². The Balaban J connectivity index is 0.000000221. The number of nitrogens with zero attached hydrogens (tertiary/aromatic N) is 1. The molecule has 0 aromatic heterocycles. The molecule has 790 valence electrons. The molecule has 1 aromatic rings. The van der Waals surface area contributed by atoms with Gasteiger partial charge < -0.3 is 4.70 Å². The second-order valence-corrected chi connectivity index (χ2v) is 99.6. The highest BCUT2D eigenvalue weighted by Crippen LogP contribution is 2.48. The van der Waals surface area contributed by atoms with Crippen molar-refractivity contribution in [1.29, 1.82) is 0 Å². The topological polar surface area (TPSA) is 0 Å². The van der Waals surface area contributed by atoms with Crippen molar-refractivity contribution in [2.75, 3.05) is 21.1 Å². The fourth-order valence-corrected chi connectivity index (χ4v) is 74.5. The zero-order valence-corrected chi connectivity index (χ0v) is 136. The first kappa shape index (κ1) is 132. The van der Waals surface area contributed by atoms with Crippen LogP contribution in [0.2, 0.25) is 0 Å². The van der Waals surface area contributed by atoms with E-state index in [-0.39, 0.29) is 164 Å². The van der Waals surface area contributed by atoms with Crippen LogP contribution in [0.1, 0.15) is 257 Å². The molecule has 0 amide bonds. The van der Waals surface area contributed by atoms with Gasteiger partial charge >= 0.3 is 6.00 Å². The summed E-state index contributed by atoms with van der Waals surface area (Å²) >= 11 is 52.5. The third kappa shape index (κ3) is 31.2. The van der Waals surface area contributed by atoms with Gasteiger partial charge in [0.05, 0.1) is 183 Å². The van der Waals surface area contributed by atoms with Gasteiger partial charge in [0.1, 0.15) is 5.69 Å². The maximum atomic E-state index is 6.24. The largest absolute Gasteiger partial charge is 1.00 e. The van der Waals surface area contributed by atoms with Gasteiger partial charge in [-0.05, 0) is 415 Å². The Morgan fingerprint density at radius 2 is 0.370 bits per heavy atom. The van der Waals surface area contributed by atoms with Gasteiger partial charge in [0.15, 0.2) is 0 Å². The summed E-state index contributed by atoms with van der Waals surface area (Å²) in [5.74, 6) is 0. The van der Waals surface area contributed by atoms with E-state index in [0.29, 0.717) is 0 Å². The second-order valence-electron chi connectivity index (χ2n) is 43.2. The minimum atomic E-state index is -2.67. The minimum absolute atomic E-state index is 0. The molecule has 0 fully saturated rings. The van der Waals surface area contributed by atoms with Crippen molar-refractivity contribution in [3.63, 3.8) is 0 Å². The first-order valence-corrected chi connectivity index (χ1v) is 88.2. The van der Waals surface area contributed by atoms with Crippen LogP contribution in [-0.4, -0.2) is 189 Å². The second kappa shape index (κ2) is 56.9. The molecule has 0 unspecified atom stereocenters. The number of allylic oxidation sites excluding steroid dienone is 52. The van der Waals surface area contributed by atoms with Crippen LogP contribution in [0.25, 0.3) is 0 Å². The number of hydrogen-bond acceptors (Lipinski definition) is 0. The lowest BCUT2D eigenvalue weighted by Gasteiger charge is -2.22. The van der Waals surface area contributed by atoms with E-state index in [0.717, 1.165) is 4.48 Å². The molecule has 0 bridgehead atoms. The molecular formula is C114H166Br9Cl3FNSi18. The van der Waals surface area contributed by atoms with E-state index in [1.807, 2.05) is 6.07 Å². The molecule has 17 aliphatic heterocycles. The smallest absolute Gasteiger partial charge is 0.365 e. The average Bonchev–Trinajstić information content (AvgIpc) is 1.64. The molecule has 0 radical (unpaired) electrons. The van der Waals surface area contributed by atoms with Crippen LogP contribution >= 0.6 is 177 Å². The third-order valence-electron chi connectivity index (χ3n) is 34.7. The predicted molar refractivity (Wildman–Crippen MR) is 751 cm³/mol. The van der Waals surface area contributed by atoms with Crippen molar-refractivity contribution in [1.82, 2.24) is 4.48 Å². The molecule has 0 saturated carbocycles. The number of quaternary nitrogens is 1. The zero-order valence-electron chi connectivity index (χ0n) is 94.7. The first-order chi connectivity index (χ1) is 66.9. The van der Waals surface area contributed by atoms with E-state index in [4.69, 9.17) is 33.2 Å². The van der Waals surface area contributed by atoms with Crippen LogP contribution in [-0.2, 0) is 0 Å². The summed E-state index contributed by atoms with van der Waals surface area (Å²) in [6, 6.07) is 7.79. The van der Waals surface area contributed by atoms with Gasteiger partial charge in [-0.2, -0.15) is 0 Å². The lowest BCUT2D eigenvalue weighted by Crippen LogP contribution is -3.00. The summed E-state index contributed by atoms with van der Waals surface area (Å²) in [6.45, 7) is 81.8. The van der Waals surface area contributed by atoms with Crippen molar-refractivity contribution < 1.29 is 4.70 Å². The molecule has 17 aliphatic rings. The van der Waals surface area contributed by atoms with E-state index in [9.17, 15) is 0 Å². The predicted octanol–water partition coefficient (Wildman–Crippen LogP) is 23.0. The Hall–Kier alpha value is -0.636. The highest BCUT2D eigenvalue weighted by atomic mass is 79.9. The van der Waals surface area contributed by atoms with Crippen LogP contribution < -0.4 is 9.19 Å². The van der Waals surface area contributed by atoms with Crippen LogP contribution in [0.15, 0.2) is 389 Å². The molecule has 1 nitrogen and oxygen atoms in total. The molecule has 32 heteroatoms. The van der Waals surface area contributed by atoms with Gasteiger partial charge in [0.25, 0.3) is 0 Å². The molecule has 0 aliphatic carbocycles. The third-order valence-corrected chi connectivity index (χ3v) is 95.6. The molecule has 146 heavy (non-hydrogen) atoms. The highest BCUT2D eigenvalue weighted by molar-refractivity contribution is 9.13. The quantitative estimate of drug-likeness (QED) is 0.124. The van der Waals surface area contributed by atoms with E-state index in [1.165, 1.54) is 148 Å². The highest BCUT2D eigenvalue weighted by Gasteiger charge is 2.39.